The number of benzene rings is 1. The van der Waals surface area contributed by atoms with E-state index in [-0.39, 0.29) is 0 Å². The summed E-state index contributed by atoms with van der Waals surface area (Å²) >= 11 is 0. The number of hydrogen-bond donors (Lipinski definition) is 2. The van der Waals surface area contributed by atoms with Crippen LogP contribution in [0.2, 0.25) is 0 Å². The zero-order valence-electron chi connectivity index (χ0n) is 12.1. The Morgan fingerprint density at radius 2 is 1.84 bits per heavy atom. The zero-order valence-corrected chi connectivity index (χ0v) is 12.1. The van der Waals surface area contributed by atoms with Gasteiger partial charge in [-0.3, -0.25) is 10.7 Å². The van der Waals surface area contributed by atoms with Crippen LogP contribution in [0.1, 0.15) is 49.1 Å². The lowest BCUT2D eigenvalue weighted by molar-refractivity contribution is 0.313. The molecule has 0 bridgehead atoms. The number of likely N-dealkylation sites (N-methyl/N-ethyl adjacent to an activating group) is 1. The summed E-state index contributed by atoms with van der Waals surface area (Å²) < 4.78 is 0. The monoisotopic (exact) mass is 261 g/mol. The van der Waals surface area contributed by atoms with Crippen LogP contribution in [0.15, 0.2) is 24.3 Å². The molecule has 1 aromatic carbocycles. The summed E-state index contributed by atoms with van der Waals surface area (Å²) in [5, 5.41) is 0. The third-order valence-corrected chi connectivity index (χ3v) is 4.20. The molecule has 106 valence electrons. The first-order valence-corrected chi connectivity index (χ1v) is 7.50. The molecule has 3 nitrogen and oxygen atoms in total. The minimum Gasteiger partial charge on any atom is -0.292 e. The maximum absolute atomic E-state index is 5.31. The molecular weight excluding hydrogens is 234 g/mol. The van der Waals surface area contributed by atoms with Crippen molar-refractivity contribution in [1.29, 1.82) is 0 Å². The van der Waals surface area contributed by atoms with E-state index in [4.69, 9.17) is 5.84 Å². The predicted molar refractivity (Wildman–Crippen MR) is 80.8 cm³/mol. The Labute approximate surface area is 117 Å². The van der Waals surface area contributed by atoms with Crippen molar-refractivity contribution in [3.63, 3.8) is 0 Å². The summed E-state index contributed by atoms with van der Waals surface area (Å²) in [5.41, 5.74) is 5.64. The molecule has 2 rings (SSSR count). The van der Waals surface area contributed by atoms with Crippen molar-refractivity contribution in [3.05, 3.63) is 35.4 Å². The number of nitrogens with two attached hydrogens (primary N) is 1. The van der Waals surface area contributed by atoms with Gasteiger partial charge in [-0.2, -0.15) is 0 Å². The zero-order chi connectivity index (χ0) is 13.5. The van der Waals surface area contributed by atoms with Crippen LogP contribution in [0.5, 0.6) is 0 Å². The first-order valence-electron chi connectivity index (χ1n) is 7.50. The largest absolute Gasteiger partial charge is 0.292 e. The average molecular weight is 261 g/mol. The molecule has 0 radical (unpaired) electrons. The third-order valence-electron chi connectivity index (χ3n) is 4.20. The third kappa shape index (κ3) is 4.60. The molecule has 19 heavy (non-hydrogen) atoms. The Morgan fingerprint density at radius 1 is 1.16 bits per heavy atom. The van der Waals surface area contributed by atoms with Gasteiger partial charge in [0.25, 0.3) is 0 Å². The van der Waals surface area contributed by atoms with E-state index in [1.807, 2.05) is 0 Å². The SMILES string of the molecule is CN(CCc1ccc(C2CCCCC2)cc1)CNN. The van der Waals surface area contributed by atoms with E-state index in [1.54, 1.807) is 5.56 Å². The van der Waals surface area contributed by atoms with Crippen molar-refractivity contribution >= 4 is 0 Å². The lowest BCUT2D eigenvalue weighted by Crippen LogP contribution is -2.36. The number of hydrogen-bond acceptors (Lipinski definition) is 3. The van der Waals surface area contributed by atoms with Crippen molar-refractivity contribution in [2.45, 2.75) is 44.4 Å². The van der Waals surface area contributed by atoms with Crippen molar-refractivity contribution in [1.82, 2.24) is 10.3 Å². The van der Waals surface area contributed by atoms with Gasteiger partial charge in [0.15, 0.2) is 0 Å². The summed E-state index contributed by atoms with van der Waals surface area (Å²) in [6.07, 6.45) is 8.08. The van der Waals surface area contributed by atoms with Gasteiger partial charge in [0.1, 0.15) is 0 Å². The summed E-state index contributed by atoms with van der Waals surface area (Å²) in [6.45, 7) is 1.77. The Morgan fingerprint density at radius 3 is 2.47 bits per heavy atom. The summed E-state index contributed by atoms with van der Waals surface area (Å²) in [5.74, 6) is 6.12. The Hall–Kier alpha value is -0.900. The second-order valence-corrected chi connectivity index (χ2v) is 5.77. The van der Waals surface area contributed by atoms with E-state index in [2.05, 4.69) is 41.6 Å². The Bertz CT molecular complexity index is 355. The van der Waals surface area contributed by atoms with Crippen LogP contribution in [0.25, 0.3) is 0 Å². The highest BCUT2D eigenvalue weighted by atomic mass is 15.3. The van der Waals surface area contributed by atoms with E-state index in [9.17, 15) is 0 Å². The van der Waals surface area contributed by atoms with Gasteiger partial charge in [-0.1, -0.05) is 43.5 Å². The minimum atomic E-state index is 0.736. The van der Waals surface area contributed by atoms with Gasteiger partial charge in [-0.25, -0.2) is 5.43 Å². The van der Waals surface area contributed by atoms with Crippen LogP contribution in [-0.2, 0) is 6.42 Å². The summed E-state index contributed by atoms with van der Waals surface area (Å²) in [6, 6.07) is 9.28. The smallest absolute Gasteiger partial charge is 0.0610 e. The molecule has 3 heteroatoms. The van der Waals surface area contributed by atoms with Crippen LogP contribution in [0, 0.1) is 0 Å². The standard InChI is InChI=1S/C16H27N3/c1-19(13-18-17)12-11-14-7-9-16(10-8-14)15-5-3-2-4-6-15/h7-10,15,18H,2-6,11-13,17H2,1H3. The maximum atomic E-state index is 5.31. The summed E-state index contributed by atoms with van der Waals surface area (Å²) in [7, 11) is 2.08. The number of hydrazine groups is 1. The summed E-state index contributed by atoms with van der Waals surface area (Å²) in [4.78, 5) is 2.19. The van der Waals surface area contributed by atoms with Crippen molar-refractivity contribution < 1.29 is 0 Å². The van der Waals surface area contributed by atoms with Crippen molar-refractivity contribution in [2.75, 3.05) is 20.3 Å². The molecule has 3 N–H and O–H groups in total. The van der Waals surface area contributed by atoms with Gasteiger partial charge in [0.05, 0.1) is 6.67 Å². The van der Waals surface area contributed by atoms with Crippen LogP contribution in [0.3, 0.4) is 0 Å². The van der Waals surface area contributed by atoms with Crippen molar-refractivity contribution in [2.24, 2.45) is 5.84 Å². The second-order valence-electron chi connectivity index (χ2n) is 5.77. The first-order chi connectivity index (χ1) is 9.29. The minimum absolute atomic E-state index is 0.736. The molecular formula is C16H27N3. The molecule has 1 aliphatic carbocycles. The lowest BCUT2D eigenvalue weighted by Gasteiger charge is -2.22. The molecule has 1 aromatic rings. The first kappa shape index (κ1) is 14.5. The number of nitrogens with zero attached hydrogens (tertiary/aromatic N) is 1. The van der Waals surface area contributed by atoms with Crippen molar-refractivity contribution in [3.8, 4) is 0 Å². The topological polar surface area (TPSA) is 41.3 Å². The molecule has 1 saturated carbocycles. The lowest BCUT2D eigenvalue weighted by atomic mass is 9.84. The molecule has 0 aliphatic heterocycles. The molecule has 0 heterocycles. The van der Waals surface area contributed by atoms with E-state index < -0.39 is 0 Å². The fourth-order valence-corrected chi connectivity index (χ4v) is 2.95. The quantitative estimate of drug-likeness (QED) is 0.470. The maximum Gasteiger partial charge on any atom is 0.0610 e. The predicted octanol–water partition coefficient (Wildman–Crippen LogP) is 2.63. The van der Waals surface area contributed by atoms with E-state index in [0.717, 1.165) is 25.6 Å². The van der Waals surface area contributed by atoms with Gasteiger partial charge in [-0.05, 0) is 43.4 Å². The molecule has 0 amide bonds. The fourth-order valence-electron chi connectivity index (χ4n) is 2.95. The van der Waals surface area contributed by atoms with Crippen LogP contribution >= 0.6 is 0 Å². The normalized spacial score (nSPS) is 17.0. The molecule has 0 aromatic heterocycles. The molecule has 0 unspecified atom stereocenters. The Kier molecular flexibility index (Phi) is 5.83. The van der Waals surface area contributed by atoms with Gasteiger partial charge in [0.2, 0.25) is 0 Å². The highest BCUT2D eigenvalue weighted by molar-refractivity contribution is 5.26. The van der Waals surface area contributed by atoms with Crippen LogP contribution in [-0.4, -0.2) is 25.2 Å². The molecule has 0 spiro atoms. The second kappa shape index (κ2) is 7.63. The molecule has 0 atom stereocenters. The number of nitrogens with one attached hydrogen (secondary N) is 1. The van der Waals surface area contributed by atoms with Gasteiger partial charge in [-0.15, -0.1) is 0 Å². The number of rotatable bonds is 6. The average Bonchev–Trinajstić information content (AvgIpc) is 2.47. The molecule has 1 fully saturated rings. The van der Waals surface area contributed by atoms with Crippen LogP contribution in [0.4, 0.5) is 0 Å². The van der Waals surface area contributed by atoms with Gasteiger partial charge < -0.3 is 0 Å². The highest BCUT2D eigenvalue weighted by Crippen LogP contribution is 2.32. The highest BCUT2D eigenvalue weighted by Gasteiger charge is 2.14. The fraction of sp³-hybridized carbons (Fsp3) is 0.625. The molecule has 0 saturated heterocycles. The van der Waals surface area contributed by atoms with Gasteiger partial charge >= 0.3 is 0 Å². The van der Waals surface area contributed by atoms with Crippen LogP contribution < -0.4 is 11.3 Å². The molecule has 1 aliphatic rings. The van der Waals surface area contributed by atoms with E-state index in [0.29, 0.717) is 0 Å². The van der Waals surface area contributed by atoms with E-state index in [1.165, 1.54) is 37.7 Å². The van der Waals surface area contributed by atoms with E-state index >= 15 is 0 Å². The van der Waals surface area contributed by atoms with Gasteiger partial charge in [0, 0.05) is 6.54 Å². The Balaban J connectivity index is 1.83.